The van der Waals surface area contributed by atoms with E-state index in [1.165, 1.54) is 30.6 Å². The van der Waals surface area contributed by atoms with Gasteiger partial charge in [-0.1, -0.05) is 13.3 Å². The van der Waals surface area contributed by atoms with E-state index in [0.717, 1.165) is 28.6 Å². The Bertz CT molecular complexity index is 364. The molecule has 0 spiro atoms. The van der Waals surface area contributed by atoms with Gasteiger partial charge in [-0.2, -0.15) is 0 Å². The summed E-state index contributed by atoms with van der Waals surface area (Å²) in [7, 11) is 0. The van der Waals surface area contributed by atoms with Gasteiger partial charge in [0.05, 0.1) is 9.88 Å². The zero-order valence-corrected chi connectivity index (χ0v) is 10.8. The Kier molecular flexibility index (Phi) is 3.74. The molecule has 0 atom stereocenters. The van der Waals surface area contributed by atoms with Crippen LogP contribution in [0.5, 0.6) is 0 Å². The third-order valence-electron chi connectivity index (χ3n) is 3.66. The smallest absolute Gasteiger partial charge is 0.177 e. The SMILES string of the molecule is CCC1CCC(C(=O)c2cnc(C)s2)CC1. The highest BCUT2D eigenvalue weighted by Gasteiger charge is 2.27. The predicted molar refractivity (Wildman–Crippen MR) is 66.9 cm³/mol. The van der Waals surface area contributed by atoms with Crippen molar-refractivity contribution in [2.75, 3.05) is 0 Å². The van der Waals surface area contributed by atoms with E-state index < -0.39 is 0 Å². The maximum absolute atomic E-state index is 12.2. The molecule has 88 valence electrons. The summed E-state index contributed by atoms with van der Waals surface area (Å²) in [6.07, 6.45) is 7.62. The third-order valence-corrected chi connectivity index (χ3v) is 4.59. The number of thiazole rings is 1. The second-order valence-electron chi connectivity index (χ2n) is 4.73. The highest BCUT2D eigenvalue weighted by atomic mass is 32.1. The van der Waals surface area contributed by atoms with E-state index in [1.54, 1.807) is 6.20 Å². The van der Waals surface area contributed by atoms with Gasteiger partial charge in [-0.25, -0.2) is 4.98 Å². The number of aromatic nitrogens is 1. The van der Waals surface area contributed by atoms with Crippen LogP contribution in [0, 0.1) is 18.8 Å². The molecule has 2 nitrogen and oxygen atoms in total. The summed E-state index contributed by atoms with van der Waals surface area (Å²) in [6, 6.07) is 0. The van der Waals surface area contributed by atoms with Crippen LogP contribution in [0.1, 0.15) is 53.7 Å². The molecule has 1 aromatic rings. The van der Waals surface area contributed by atoms with E-state index in [4.69, 9.17) is 0 Å². The van der Waals surface area contributed by atoms with Gasteiger partial charge in [0.2, 0.25) is 0 Å². The van der Waals surface area contributed by atoms with Gasteiger partial charge < -0.3 is 0 Å². The predicted octanol–water partition coefficient (Wildman–Crippen LogP) is 3.85. The third kappa shape index (κ3) is 2.51. The van der Waals surface area contributed by atoms with E-state index in [2.05, 4.69) is 11.9 Å². The minimum absolute atomic E-state index is 0.266. The molecule has 2 rings (SSSR count). The van der Waals surface area contributed by atoms with Gasteiger partial charge in [0.15, 0.2) is 5.78 Å². The van der Waals surface area contributed by atoms with Crippen LogP contribution >= 0.6 is 11.3 Å². The highest BCUT2D eigenvalue weighted by molar-refractivity contribution is 7.13. The van der Waals surface area contributed by atoms with Gasteiger partial charge in [0, 0.05) is 12.1 Å². The molecule has 0 saturated heterocycles. The molecule has 16 heavy (non-hydrogen) atoms. The number of hydrogen-bond acceptors (Lipinski definition) is 3. The number of aryl methyl sites for hydroxylation is 1. The van der Waals surface area contributed by atoms with E-state index in [0.29, 0.717) is 5.78 Å². The quantitative estimate of drug-likeness (QED) is 0.747. The van der Waals surface area contributed by atoms with Crippen molar-refractivity contribution in [2.24, 2.45) is 11.8 Å². The Balaban J connectivity index is 1.96. The molecule has 1 aliphatic rings. The van der Waals surface area contributed by atoms with Crippen molar-refractivity contribution in [2.45, 2.75) is 46.0 Å². The van der Waals surface area contributed by atoms with Crippen molar-refractivity contribution < 1.29 is 4.79 Å². The Morgan fingerprint density at radius 3 is 2.62 bits per heavy atom. The lowest BCUT2D eigenvalue weighted by atomic mass is 9.79. The fourth-order valence-corrected chi connectivity index (χ4v) is 3.31. The van der Waals surface area contributed by atoms with E-state index >= 15 is 0 Å². The summed E-state index contributed by atoms with van der Waals surface area (Å²) in [6.45, 7) is 4.20. The molecule has 3 heteroatoms. The topological polar surface area (TPSA) is 30.0 Å². The fourth-order valence-electron chi connectivity index (χ4n) is 2.51. The fraction of sp³-hybridized carbons (Fsp3) is 0.692. The van der Waals surface area contributed by atoms with Gasteiger partial charge in [-0.3, -0.25) is 4.79 Å². The Morgan fingerprint density at radius 2 is 2.12 bits per heavy atom. The van der Waals surface area contributed by atoms with Crippen LogP contribution in [0.25, 0.3) is 0 Å². The summed E-state index contributed by atoms with van der Waals surface area (Å²) in [5.41, 5.74) is 0. The lowest BCUT2D eigenvalue weighted by molar-refractivity contribution is 0.0875. The van der Waals surface area contributed by atoms with Crippen molar-refractivity contribution in [1.29, 1.82) is 0 Å². The lowest BCUT2D eigenvalue weighted by Gasteiger charge is -2.26. The largest absolute Gasteiger partial charge is 0.293 e. The molecule has 1 heterocycles. The molecule has 0 unspecified atom stereocenters. The second kappa shape index (κ2) is 5.09. The van der Waals surface area contributed by atoms with E-state index in [9.17, 15) is 4.79 Å². The molecule has 1 aromatic heterocycles. The molecular formula is C13H19NOS. The van der Waals surface area contributed by atoms with Gasteiger partial charge in [0.25, 0.3) is 0 Å². The minimum atomic E-state index is 0.266. The molecule has 0 bridgehead atoms. The maximum atomic E-state index is 12.2. The molecular weight excluding hydrogens is 218 g/mol. The number of rotatable bonds is 3. The van der Waals surface area contributed by atoms with Crippen LogP contribution < -0.4 is 0 Å². The summed E-state index contributed by atoms with van der Waals surface area (Å²) >= 11 is 1.54. The average Bonchev–Trinajstić information content (AvgIpc) is 2.75. The second-order valence-corrected chi connectivity index (χ2v) is 5.97. The molecule has 1 aliphatic carbocycles. The molecule has 0 aromatic carbocycles. The summed E-state index contributed by atoms with van der Waals surface area (Å²) in [5, 5.41) is 0.991. The van der Waals surface area contributed by atoms with E-state index in [-0.39, 0.29) is 5.92 Å². The first kappa shape index (κ1) is 11.8. The van der Waals surface area contributed by atoms with Gasteiger partial charge in [-0.05, 0) is 38.5 Å². The zero-order valence-electron chi connectivity index (χ0n) is 10.0. The number of ketones is 1. The van der Waals surface area contributed by atoms with E-state index in [1.807, 2.05) is 6.92 Å². The normalized spacial score (nSPS) is 25.6. The summed E-state index contributed by atoms with van der Waals surface area (Å²) < 4.78 is 0. The Hall–Kier alpha value is -0.700. The molecule has 0 N–H and O–H groups in total. The van der Waals surface area contributed by atoms with Crippen molar-refractivity contribution >= 4 is 17.1 Å². The summed E-state index contributed by atoms with van der Waals surface area (Å²) in [4.78, 5) is 17.2. The molecule has 0 aliphatic heterocycles. The van der Waals surface area contributed by atoms with Crippen LogP contribution in [0.2, 0.25) is 0 Å². The standard InChI is InChI=1S/C13H19NOS/c1-3-10-4-6-11(7-5-10)13(15)12-8-14-9(2)16-12/h8,10-11H,3-7H2,1-2H3. The first-order valence-corrected chi connectivity index (χ1v) is 6.99. The number of carbonyl (C=O) groups excluding carboxylic acids is 1. The van der Waals surface area contributed by atoms with Crippen LogP contribution in [-0.4, -0.2) is 10.8 Å². The Labute approximate surface area is 101 Å². The number of carbonyl (C=O) groups is 1. The number of nitrogens with zero attached hydrogens (tertiary/aromatic N) is 1. The number of Topliss-reactive ketones (excluding diaryl/α,β-unsaturated/α-hetero) is 1. The molecule has 1 saturated carbocycles. The van der Waals surface area contributed by atoms with Gasteiger partial charge in [0.1, 0.15) is 0 Å². The maximum Gasteiger partial charge on any atom is 0.177 e. The Morgan fingerprint density at radius 1 is 1.44 bits per heavy atom. The number of hydrogen-bond donors (Lipinski definition) is 0. The van der Waals surface area contributed by atoms with Gasteiger partial charge >= 0.3 is 0 Å². The monoisotopic (exact) mass is 237 g/mol. The van der Waals surface area contributed by atoms with Gasteiger partial charge in [-0.15, -0.1) is 11.3 Å². The first-order valence-electron chi connectivity index (χ1n) is 6.17. The minimum Gasteiger partial charge on any atom is -0.293 e. The average molecular weight is 237 g/mol. The molecule has 1 fully saturated rings. The van der Waals surface area contributed by atoms with Crippen LogP contribution in [0.3, 0.4) is 0 Å². The summed E-state index contributed by atoms with van der Waals surface area (Å²) in [5.74, 6) is 1.45. The zero-order chi connectivity index (χ0) is 11.5. The van der Waals surface area contributed by atoms with Crippen molar-refractivity contribution in [3.63, 3.8) is 0 Å². The van der Waals surface area contributed by atoms with Crippen LogP contribution in [0.4, 0.5) is 0 Å². The van der Waals surface area contributed by atoms with Crippen molar-refractivity contribution in [3.8, 4) is 0 Å². The highest BCUT2D eigenvalue weighted by Crippen LogP contribution is 2.33. The van der Waals surface area contributed by atoms with Crippen LogP contribution in [0.15, 0.2) is 6.20 Å². The molecule has 0 amide bonds. The molecule has 0 radical (unpaired) electrons. The van der Waals surface area contributed by atoms with Crippen LogP contribution in [-0.2, 0) is 0 Å². The van der Waals surface area contributed by atoms with Crippen molar-refractivity contribution in [3.05, 3.63) is 16.1 Å². The first-order chi connectivity index (χ1) is 7.70. The van der Waals surface area contributed by atoms with Crippen molar-refractivity contribution in [1.82, 2.24) is 4.98 Å². The lowest BCUT2D eigenvalue weighted by Crippen LogP contribution is -2.21.